The number of nitrogens with zero attached hydrogens (tertiary/aromatic N) is 2. The molecule has 3 nitrogen and oxygen atoms in total. The van der Waals surface area contributed by atoms with Crippen molar-refractivity contribution < 1.29 is 4.39 Å². The summed E-state index contributed by atoms with van der Waals surface area (Å²) in [6.45, 7) is 8.71. The lowest BCUT2D eigenvalue weighted by Gasteiger charge is -2.34. The molecule has 4 heteroatoms. The quantitative estimate of drug-likeness (QED) is 0.887. The summed E-state index contributed by atoms with van der Waals surface area (Å²) in [5.74, 6) is -0.274. The molecule has 0 bridgehead atoms. The Morgan fingerprint density at radius 3 is 2.74 bits per heavy atom. The zero-order valence-corrected chi connectivity index (χ0v) is 12.1. The van der Waals surface area contributed by atoms with Crippen LogP contribution in [-0.4, -0.2) is 35.1 Å². The van der Waals surface area contributed by atoms with Crippen LogP contribution < -0.4 is 5.32 Å². The Morgan fingerprint density at radius 1 is 1.42 bits per heavy atom. The summed E-state index contributed by atoms with van der Waals surface area (Å²) in [7, 11) is 0. The number of rotatable bonds is 5. The molecule has 1 aromatic rings. The normalized spacial score (nSPS) is 21.3. The van der Waals surface area contributed by atoms with E-state index in [9.17, 15) is 4.39 Å². The van der Waals surface area contributed by atoms with E-state index in [0.717, 1.165) is 18.8 Å². The van der Waals surface area contributed by atoms with Gasteiger partial charge in [0, 0.05) is 24.7 Å². The second-order valence-corrected chi connectivity index (χ2v) is 5.66. The van der Waals surface area contributed by atoms with E-state index in [1.807, 2.05) is 0 Å². The fourth-order valence-electron chi connectivity index (χ4n) is 2.79. The van der Waals surface area contributed by atoms with Crippen molar-refractivity contribution in [2.24, 2.45) is 0 Å². The van der Waals surface area contributed by atoms with E-state index in [4.69, 9.17) is 0 Å². The molecular formula is C15H24FN3. The summed E-state index contributed by atoms with van der Waals surface area (Å²) in [6, 6.07) is 4.51. The van der Waals surface area contributed by atoms with Crippen LogP contribution in [0.1, 0.15) is 45.3 Å². The van der Waals surface area contributed by atoms with Crippen molar-refractivity contribution in [2.75, 3.05) is 13.1 Å². The highest BCUT2D eigenvalue weighted by Crippen LogP contribution is 2.22. The van der Waals surface area contributed by atoms with Crippen LogP contribution in [0.4, 0.5) is 4.39 Å². The Morgan fingerprint density at radius 2 is 2.21 bits per heavy atom. The monoisotopic (exact) mass is 265 g/mol. The van der Waals surface area contributed by atoms with Gasteiger partial charge in [0.25, 0.3) is 0 Å². The molecule has 2 heterocycles. The smallest absolute Gasteiger partial charge is 0.141 e. The number of halogens is 1. The fraction of sp³-hybridized carbons (Fsp3) is 0.667. The average Bonchev–Trinajstić information content (AvgIpc) is 2.88. The van der Waals surface area contributed by atoms with Gasteiger partial charge < -0.3 is 5.32 Å². The molecule has 1 fully saturated rings. The molecule has 19 heavy (non-hydrogen) atoms. The minimum Gasteiger partial charge on any atom is -0.313 e. The van der Waals surface area contributed by atoms with Crippen LogP contribution in [0.2, 0.25) is 0 Å². The molecule has 1 aliphatic heterocycles. The highest BCUT2D eigenvalue weighted by atomic mass is 19.1. The lowest BCUT2D eigenvalue weighted by molar-refractivity contribution is 0.147. The maximum atomic E-state index is 13.0. The first-order valence-corrected chi connectivity index (χ1v) is 7.18. The molecule has 0 spiro atoms. The van der Waals surface area contributed by atoms with Crippen molar-refractivity contribution in [1.29, 1.82) is 0 Å². The summed E-state index contributed by atoms with van der Waals surface area (Å²) < 4.78 is 13.0. The number of aromatic nitrogens is 1. The van der Waals surface area contributed by atoms with Crippen LogP contribution >= 0.6 is 0 Å². The molecule has 0 saturated carbocycles. The first-order chi connectivity index (χ1) is 9.08. The van der Waals surface area contributed by atoms with Gasteiger partial charge in [-0.2, -0.15) is 0 Å². The van der Waals surface area contributed by atoms with Gasteiger partial charge in [0.15, 0.2) is 0 Å². The van der Waals surface area contributed by atoms with Crippen LogP contribution in [0.15, 0.2) is 18.3 Å². The molecule has 0 amide bonds. The molecule has 1 N–H and O–H groups in total. The van der Waals surface area contributed by atoms with Crippen molar-refractivity contribution in [1.82, 2.24) is 15.2 Å². The van der Waals surface area contributed by atoms with Crippen LogP contribution in [0, 0.1) is 5.82 Å². The molecule has 0 aromatic carbocycles. The van der Waals surface area contributed by atoms with Crippen molar-refractivity contribution >= 4 is 0 Å². The standard InChI is InChI=1S/C15H24FN3/c1-11(2)19(10-14-5-4-8-17-14)12(3)15-7-6-13(16)9-18-15/h6-7,9,11-12,14,17H,4-5,8,10H2,1-3H3. The third-order valence-electron chi connectivity index (χ3n) is 3.93. The van der Waals surface area contributed by atoms with Gasteiger partial charge in [-0.05, 0) is 52.3 Å². The Hall–Kier alpha value is -1.00. The SMILES string of the molecule is CC(C)N(CC1CCCN1)C(C)c1ccc(F)cn1. The summed E-state index contributed by atoms with van der Waals surface area (Å²) in [6.07, 6.45) is 3.81. The Kier molecular flexibility index (Phi) is 4.88. The van der Waals surface area contributed by atoms with Gasteiger partial charge in [0.05, 0.1) is 11.9 Å². The highest BCUT2D eigenvalue weighted by Gasteiger charge is 2.24. The molecule has 2 unspecified atom stereocenters. The molecular weight excluding hydrogens is 241 g/mol. The van der Waals surface area contributed by atoms with Gasteiger partial charge >= 0.3 is 0 Å². The van der Waals surface area contributed by atoms with Crippen LogP contribution in [0.3, 0.4) is 0 Å². The minimum absolute atomic E-state index is 0.211. The van der Waals surface area contributed by atoms with Crippen molar-refractivity contribution in [3.05, 3.63) is 29.8 Å². The number of pyridine rings is 1. The molecule has 1 aromatic heterocycles. The zero-order valence-electron chi connectivity index (χ0n) is 12.1. The van der Waals surface area contributed by atoms with E-state index < -0.39 is 0 Å². The van der Waals surface area contributed by atoms with Gasteiger partial charge in [-0.25, -0.2) is 4.39 Å². The maximum absolute atomic E-state index is 13.0. The van der Waals surface area contributed by atoms with Crippen LogP contribution in [0.5, 0.6) is 0 Å². The highest BCUT2D eigenvalue weighted by molar-refractivity contribution is 5.09. The molecule has 1 saturated heterocycles. The van der Waals surface area contributed by atoms with Crippen molar-refractivity contribution in [3.8, 4) is 0 Å². The Balaban J connectivity index is 2.06. The van der Waals surface area contributed by atoms with Gasteiger partial charge in [0.1, 0.15) is 5.82 Å². The predicted molar refractivity (Wildman–Crippen MR) is 75.5 cm³/mol. The van der Waals surface area contributed by atoms with E-state index in [-0.39, 0.29) is 11.9 Å². The second kappa shape index (κ2) is 6.44. The summed E-state index contributed by atoms with van der Waals surface area (Å²) in [5, 5.41) is 3.54. The van der Waals surface area contributed by atoms with E-state index in [1.54, 1.807) is 6.07 Å². The summed E-state index contributed by atoms with van der Waals surface area (Å²) >= 11 is 0. The molecule has 2 rings (SSSR count). The Labute approximate surface area is 115 Å². The molecule has 1 aliphatic rings. The molecule has 106 valence electrons. The lowest BCUT2D eigenvalue weighted by atomic mass is 10.1. The molecule has 0 aliphatic carbocycles. The average molecular weight is 265 g/mol. The van der Waals surface area contributed by atoms with Gasteiger partial charge in [0.2, 0.25) is 0 Å². The van der Waals surface area contributed by atoms with E-state index in [1.165, 1.54) is 25.1 Å². The second-order valence-electron chi connectivity index (χ2n) is 5.66. The van der Waals surface area contributed by atoms with Gasteiger partial charge in [-0.15, -0.1) is 0 Å². The third kappa shape index (κ3) is 3.74. The van der Waals surface area contributed by atoms with Crippen molar-refractivity contribution in [2.45, 2.75) is 51.7 Å². The van der Waals surface area contributed by atoms with Crippen LogP contribution in [-0.2, 0) is 0 Å². The van der Waals surface area contributed by atoms with E-state index in [2.05, 4.69) is 36.0 Å². The number of hydrogen-bond donors (Lipinski definition) is 1. The summed E-state index contributed by atoms with van der Waals surface area (Å²) in [4.78, 5) is 6.65. The lowest BCUT2D eigenvalue weighted by Crippen LogP contribution is -2.42. The van der Waals surface area contributed by atoms with E-state index >= 15 is 0 Å². The third-order valence-corrected chi connectivity index (χ3v) is 3.93. The first kappa shape index (κ1) is 14.4. The predicted octanol–water partition coefficient (Wildman–Crippen LogP) is 2.74. The minimum atomic E-state index is -0.274. The number of nitrogens with one attached hydrogen (secondary N) is 1. The van der Waals surface area contributed by atoms with Gasteiger partial charge in [-0.3, -0.25) is 9.88 Å². The largest absolute Gasteiger partial charge is 0.313 e. The van der Waals surface area contributed by atoms with E-state index in [0.29, 0.717) is 12.1 Å². The first-order valence-electron chi connectivity index (χ1n) is 7.18. The molecule has 0 radical (unpaired) electrons. The van der Waals surface area contributed by atoms with Crippen molar-refractivity contribution in [3.63, 3.8) is 0 Å². The number of hydrogen-bond acceptors (Lipinski definition) is 3. The van der Waals surface area contributed by atoms with Crippen LogP contribution in [0.25, 0.3) is 0 Å². The molecule has 2 atom stereocenters. The Bertz CT molecular complexity index is 385. The van der Waals surface area contributed by atoms with Gasteiger partial charge in [-0.1, -0.05) is 0 Å². The summed E-state index contributed by atoms with van der Waals surface area (Å²) in [5.41, 5.74) is 0.938. The zero-order chi connectivity index (χ0) is 13.8. The maximum Gasteiger partial charge on any atom is 0.141 e. The fourth-order valence-corrected chi connectivity index (χ4v) is 2.79. The topological polar surface area (TPSA) is 28.2 Å².